The molecule has 0 aliphatic carbocycles. The zero-order valence-corrected chi connectivity index (χ0v) is 17.0. The Kier molecular flexibility index (Phi) is 6.33. The zero-order valence-electron chi connectivity index (χ0n) is 17.0. The second-order valence-corrected chi connectivity index (χ2v) is 7.28. The van der Waals surface area contributed by atoms with Crippen LogP contribution in [0.25, 0.3) is 0 Å². The molecular formula is C21H27N4O4+. The van der Waals surface area contributed by atoms with E-state index in [4.69, 9.17) is 4.74 Å². The summed E-state index contributed by atoms with van der Waals surface area (Å²) in [4.78, 5) is 26.9. The standard InChI is InChI=1S/C21H26N4O4/c1-15-6-4-5-7-19(15)24-12-10-23(11-13-24)16(2)21(26)22-18-14-17(25(27)28)8-9-20(18)29-3/h4-9,14,16H,10-13H2,1-3H3,(H,22,26)/p+1/t16-/m0/s1. The normalized spacial score (nSPS) is 15.6. The topological polar surface area (TPSA) is 89.1 Å². The molecule has 2 aromatic rings. The maximum atomic E-state index is 12.8. The van der Waals surface area contributed by atoms with Crippen molar-refractivity contribution >= 4 is 23.0 Å². The van der Waals surface area contributed by atoms with Crippen molar-refractivity contribution in [1.82, 2.24) is 0 Å². The number of nitro groups is 1. The van der Waals surface area contributed by atoms with E-state index < -0.39 is 4.92 Å². The fourth-order valence-electron chi connectivity index (χ4n) is 3.72. The third-order valence-corrected chi connectivity index (χ3v) is 5.52. The Labute approximate surface area is 170 Å². The van der Waals surface area contributed by atoms with Gasteiger partial charge in [0, 0.05) is 17.8 Å². The molecule has 29 heavy (non-hydrogen) atoms. The molecule has 0 spiro atoms. The van der Waals surface area contributed by atoms with E-state index in [1.165, 1.54) is 41.5 Å². The van der Waals surface area contributed by atoms with Crippen LogP contribution in [0.3, 0.4) is 0 Å². The predicted molar refractivity (Wildman–Crippen MR) is 112 cm³/mol. The number of methoxy groups -OCH3 is 1. The Bertz CT molecular complexity index is 894. The first-order chi connectivity index (χ1) is 13.9. The fraction of sp³-hybridized carbons (Fsp3) is 0.381. The molecule has 1 amide bonds. The minimum atomic E-state index is -0.492. The number of non-ortho nitro benzene ring substituents is 1. The number of aryl methyl sites for hydroxylation is 1. The van der Waals surface area contributed by atoms with E-state index in [1.54, 1.807) is 0 Å². The second-order valence-electron chi connectivity index (χ2n) is 7.28. The summed E-state index contributed by atoms with van der Waals surface area (Å²) >= 11 is 0. The molecule has 1 atom stereocenters. The molecule has 1 heterocycles. The number of para-hydroxylation sites is 1. The summed E-state index contributed by atoms with van der Waals surface area (Å²) in [6.07, 6.45) is 0. The smallest absolute Gasteiger partial charge is 0.282 e. The van der Waals surface area contributed by atoms with Crippen LogP contribution >= 0.6 is 0 Å². The predicted octanol–water partition coefficient (Wildman–Crippen LogP) is 1.64. The SMILES string of the molecule is COc1ccc([N+](=O)[O-])cc1NC(=O)[C@H](C)[NH+]1CCN(c2ccccc2C)CC1. The van der Waals surface area contributed by atoms with Crippen LogP contribution in [0, 0.1) is 17.0 Å². The molecule has 0 saturated carbocycles. The molecule has 1 aliphatic rings. The molecule has 0 bridgehead atoms. The number of amides is 1. The van der Waals surface area contributed by atoms with Crippen LogP contribution in [-0.4, -0.2) is 50.2 Å². The number of piperazine rings is 1. The summed E-state index contributed by atoms with van der Waals surface area (Å²) in [5, 5.41) is 13.8. The number of rotatable bonds is 6. The van der Waals surface area contributed by atoms with Gasteiger partial charge in [0.15, 0.2) is 6.04 Å². The van der Waals surface area contributed by atoms with Gasteiger partial charge in [-0.3, -0.25) is 14.9 Å². The summed E-state index contributed by atoms with van der Waals surface area (Å²) in [5.41, 5.74) is 2.72. The highest BCUT2D eigenvalue weighted by atomic mass is 16.6. The van der Waals surface area contributed by atoms with Crippen molar-refractivity contribution in [3.05, 3.63) is 58.1 Å². The Morgan fingerprint density at radius 1 is 1.24 bits per heavy atom. The van der Waals surface area contributed by atoms with E-state index in [2.05, 4.69) is 29.3 Å². The highest BCUT2D eigenvalue weighted by Crippen LogP contribution is 2.28. The third-order valence-electron chi connectivity index (χ3n) is 5.52. The second kappa shape index (κ2) is 8.91. The summed E-state index contributed by atoms with van der Waals surface area (Å²) in [6, 6.07) is 12.2. The Morgan fingerprint density at radius 3 is 2.55 bits per heavy atom. The maximum absolute atomic E-state index is 12.8. The van der Waals surface area contributed by atoms with Gasteiger partial charge in [0.25, 0.3) is 11.6 Å². The Hall–Kier alpha value is -3.13. The number of quaternary nitrogens is 1. The number of carbonyl (C=O) groups is 1. The molecule has 154 valence electrons. The number of hydrogen-bond acceptors (Lipinski definition) is 5. The zero-order chi connectivity index (χ0) is 21.0. The molecule has 0 unspecified atom stereocenters. The van der Waals surface area contributed by atoms with Crippen molar-refractivity contribution in [2.75, 3.05) is 43.5 Å². The minimum absolute atomic E-state index is 0.0899. The van der Waals surface area contributed by atoms with Gasteiger partial charge >= 0.3 is 0 Å². The van der Waals surface area contributed by atoms with Gasteiger partial charge in [0.05, 0.1) is 43.9 Å². The number of anilines is 2. The average Bonchev–Trinajstić information content (AvgIpc) is 2.73. The van der Waals surface area contributed by atoms with Gasteiger partial charge in [-0.2, -0.15) is 0 Å². The van der Waals surface area contributed by atoms with Gasteiger partial charge in [0.2, 0.25) is 0 Å². The van der Waals surface area contributed by atoms with Gasteiger partial charge in [-0.1, -0.05) is 18.2 Å². The highest BCUT2D eigenvalue weighted by Gasteiger charge is 2.30. The molecule has 8 heteroatoms. The van der Waals surface area contributed by atoms with Gasteiger partial charge in [-0.25, -0.2) is 0 Å². The lowest BCUT2D eigenvalue weighted by molar-refractivity contribution is -0.914. The van der Waals surface area contributed by atoms with Gasteiger partial charge in [-0.05, 0) is 31.5 Å². The monoisotopic (exact) mass is 399 g/mol. The summed E-state index contributed by atoms with van der Waals surface area (Å²) in [6.45, 7) is 7.43. The minimum Gasteiger partial charge on any atom is -0.495 e. The number of nitrogens with zero attached hydrogens (tertiary/aromatic N) is 2. The number of hydrogen-bond donors (Lipinski definition) is 2. The molecule has 1 fully saturated rings. The van der Waals surface area contributed by atoms with Crippen molar-refractivity contribution < 1.29 is 19.4 Å². The average molecular weight is 399 g/mol. The van der Waals surface area contributed by atoms with Gasteiger partial charge in [0.1, 0.15) is 5.75 Å². The van der Waals surface area contributed by atoms with Gasteiger partial charge in [-0.15, -0.1) is 0 Å². The molecular weight excluding hydrogens is 372 g/mol. The Morgan fingerprint density at radius 2 is 1.93 bits per heavy atom. The lowest BCUT2D eigenvalue weighted by Crippen LogP contribution is -3.19. The van der Waals surface area contributed by atoms with Crippen LogP contribution in [0.1, 0.15) is 12.5 Å². The first-order valence-electron chi connectivity index (χ1n) is 9.69. The first-order valence-corrected chi connectivity index (χ1v) is 9.69. The van der Waals surface area contributed by atoms with E-state index >= 15 is 0 Å². The van der Waals surface area contributed by atoms with Crippen LogP contribution in [0.15, 0.2) is 42.5 Å². The van der Waals surface area contributed by atoms with E-state index in [1.807, 2.05) is 19.1 Å². The summed E-state index contributed by atoms with van der Waals surface area (Å²) in [7, 11) is 1.47. The van der Waals surface area contributed by atoms with E-state index in [9.17, 15) is 14.9 Å². The maximum Gasteiger partial charge on any atom is 0.282 e. The first kappa shape index (κ1) is 20.6. The molecule has 0 aromatic heterocycles. The summed E-state index contributed by atoms with van der Waals surface area (Å²) < 4.78 is 5.23. The lowest BCUT2D eigenvalue weighted by Gasteiger charge is -2.36. The molecule has 0 radical (unpaired) electrons. The Balaban J connectivity index is 1.64. The third kappa shape index (κ3) is 4.65. The van der Waals surface area contributed by atoms with Crippen LogP contribution in [0.2, 0.25) is 0 Å². The fourth-order valence-corrected chi connectivity index (χ4v) is 3.72. The van der Waals surface area contributed by atoms with Crippen LogP contribution in [-0.2, 0) is 4.79 Å². The summed E-state index contributed by atoms with van der Waals surface area (Å²) in [5.74, 6) is 0.221. The van der Waals surface area contributed by atoms with E-state index in [0.29, 0.717) is 11.4 Å². The quantitative estimate of drug-likeness (QED) is 0.570. The van der Waals surface area contributed by atoms with Crippen LogP contribution in [0.5, 0.6) is 5.75 Å². The van der Waals surface area contributed by atoms with Crippen molar-refractivity contribution in [3.63, 3.8) is 0 Å². The molecule has 1 aliphatic heterocycles. The number of carbonyl (C=O) groups excluding carboxylic acids is 1. The molecule has 2 aromatic carbocycles. The van der Waals surface area contributed by atoms with E-state index in [0.717, 1.165) is 26.2 Å². The number of benzene rings is 2. The van der Waals surface area contributed by atoms with Crippen molar-refractivity contribution in [1.29, 1.82) is 0 Å². The molecule has 3 rings (SSSR count). The van der Waals surface area contributed by atoms with Gasteiger partial charge < -0.3 is 19.9 Å². The van der Waals surface area contributed by atoms with Crippen LogP contribution in [0.4, 0.5) is 17.1 Å². The van der Waals surface area contributed by atoms with Crippen molar-refractivity contribution in [2.24, 2.45) is 0 Å². The molecule has 8 nitrogen and oxygen atoms in total. The van der Waals surface area contributed by atoms with Crippen molar-refractivity contribution in [2.45, 2.75) is 19.9 Å². The number of ether oxygens (including phenoxy) is 1. The van der Waals surface area contributed by atoms with Crippen molar-refractivity contribution in [3.8, 4) is 5.75 Å². The van der Waals surface area contributed by atoms with Crippen LogP contribution < -0.4 is 19.9 Å². The largest absolute Gasteiger partial charge is 0.495 e. The molecule has 2 N–H and O–H groups in total. The lowest BCUT2D eigenvalue weighted by atomic mass is 10.1. The molecule has 1 saturated heterocycles. The van der Waals surface area contributed by atoms with E-state index in [-0.39, 0.29) is 17.6 Å². The number of nitro benzene ring substituents is 1. The number of nitrogens with one attached hydrogen (secondary N) is 2. The highest BCUT2D eigenvalue weighted by molar-refractivity contribution is 5.95.